The molecule has 1 amide bonds. The summed E-state index contributed by atoms with van der Waals surface area (Å²) in [5.41, 5.74) is 4.35. The average Bonchev–Trinajstić information content (AvgIpc) is 3.16. The molecule has 0 atom stereocenters. The van der Waals surface area contributed by atoms with Gasteiger partial charge in [0.05, 0.1) is 22.6 Å². The molecule has 7 nitrogen and oxygen atoms in total. The summed E-state index contributed by atoms with van der Waals surface area (Å²) in [6, 6.07) is 19.7. The minimum atomic E-state index is -0.457. The maximum Gasteiger partial charge on any atom is 0.269 e. The van der Waals surface area contributed by atoms with Gasteiger partial charge in [-0.3, -0.25) is 14.9 Å². The predicted octanol–water partition coefficient (Wildman–Crippen LogP) is 3.63. The van der Waals surface area contributed by atoms with Crippen LogP contribution in [0.25, 0.3) is 5.69 Å². The number of thioether (sulfide) groups is 1. The van der Waals surface area contributed by atoms with E-state index >= 15 is 0 Å². The van der Waals surface area contributed by atoms with Crippen LogP contribution in [0.4, 0.5) is 5.69 Å². The second-order valence-corrected chi connectivity index (χ2v) is 6.52. The fourth-order valence-corrected chi connectivity index (χ4v) is 3.03. The topological polar surface area (TPSA) is 89.5 Å². The molecule has 0 aliphatic carbocycles. The minimum absolute atomic E-state index is 0.0230. The van der Waals surface area contributed by atoms with Gasteiger partial charge in [0, 0.05) is 28.9 Å². The van der Waals surface area contributed by atoms with Crippen molar-refractivity contribution in [2.45, 2.75) is 4.90 Å². The number of para-hydroxylation sites is 1. The highest BCUT2D eigenvalue weighted by Gasteiger charge is 2.06. The van der Waals surface area contributed by atoms with Crippen LogP contribution in [0.1, 0.15) is 5.69 Å². The van der Waals surface area contributed by atoms with Gasteiger partial charge in [0.1, 0.15) is 0 Å². The average molecular weight is 380 g/mol. The first-order valence-electron chi connectivity index (χ1n) is 8.05. The Hall–Kier alpha value is -3.39. The van der Waals surface area contributed by atoms with Crippen LogP contribution in [0, 0.1) is 10.1 Å². The molecule has 0 saturated heterocycles. The van der Waals surface area contributed by atoms with Gasteiger partial charge in [-0.25, -0.2) is 5.43 Å². The van der Waals surface area contributed by atoms with Crippen molar-refractivity contribution in [2.24, 2.45) is 5.10 Å². The van der Waals surface area contributed by atoms with Gasteiger partial charge in [-0.2, -0.15) is 5.10 Å². The third-order valence-electron chi connectivity index (χ3n) is 3.62. The smallest absolute Gasteiger partial charge is 0.269 e. The summed E-state index contributed by atoms with van der Waals surface area (Å²) in [6.07, 6.45) is 3.50. The van der Waals surface area contributed by atoms with E-state index in [1.54, 1.807) is 18.3 Å². The predicted molar refractivity (Wildman–Crippen MR) is 105 cm³/mol. The minimum Gasteiger partial charge on any atom is -0.316 e. The van der Waals surface area contributed by atoms with Crippen LogP contribution >= 0.6 is 11.8 Å². The largest absolute Gasteiger partial charge is 0.316 e. The van der Waals surface area contributed by atoms with Gasteiger partial charge in [-0.15, -0.1) is 11.8 Å². The fourth-order valence-electron chi connectivity index (χ4n) is 2.34. The molecule has 0 bridgehead atoms. The van der Waals surface area contributed by atoms with Gasteiger partial charge in [0.25, 0.3) is 5.69 Å². The van der Waals surface area contributed by atoms with E-state index in [2.05, 4.69) is 10.5 Å². The molecular formula is C19H16N4O3S. The lowest BCUT2D eigenvalue weighted by Crippen LogP contribution is -2.19. The lowest BCUT2D eigenvalue weighted by atomic mass is 10.3. The van der Waals surface area contributed by atoms with E-state index in [1.165, 1.54) is 23.9 Å². The number of amides is 1. The van der Waals surface area contributed by atoms with Crippen LogP contribution in [0.15, 0.2) is 82.9 Å². The third kappa shape index (κ3) is 5.05. The van der Waals surface area contributed by atoms with Gasteiger partial charge >= 0.3 is 0 Å². The molecule has 27 heavy (non-hydrogen) atoms. The number of nitrogens with zero attached hydrogens (tertiary/aromatic N) is 3. The highest BCUT2D eigenvalue weighted by Crippen LogP contribution is 2.21. The van der Waals surface area contributed by atoms with Gasteiger partial charge in [-0.1, -0.05) is 18.2 Å². The van der Waals surface area contributed by atoms with Crippen molar-refractivity contribution in [2.75, 3.05) is 5.75 Å². The van der Waals surface area contributed by atoms with E-state index in [1.807, 2.05) is 53.2 Å². The van der Waals surface area contributed by atoms with Crippen molar-refractivity contribution < 1.29 is 9.72 Å². The molecule has 1 aromatic heterocycles. The number of hydrazone groups is 1. The molecule has 0 saturated carbocycles. The molecule has 3 rings (SSSR count). The molecule has 0 aliphatic rings. The third-order valence-corrected chi connectivity index (χ3v) is 4.63. The number of nitro benzene ring substituents is 1. The number of hydrogen-bond donors (Lipinski definition) is 1. The second kappa shape index (κ2) is 8.81. The molecule has 0 radical (unpaired) electrons. The number of carbonyl (C=O) groups is 1. The number of carbonyl (C=O) groups excluding carboxylic acids is 1. The van der Waals surface area contributed by atoms with E-state index in [4.69, 9.17) is 0 Å². The maximum absolute atomic E-state index is 11.9. The van der Waals surface area contributed by atoms with Gasteiger partial charge < -0.3 is 4.57 Å². The first kappa shape index (κ1) is 18.4. The zero-order chi connectivity index (χ0) is 19.1. The molecule has 2 aromatic carbocycles. The van der Waals surface area contributed by atoms with Gasteiger partial charge in [-0.05, 0) is 36.4 Å². The Morgan fingerprint density at radius 2 is 1.85 bits per heavy atom. The lowest BCUT2D eigenvalue weighted by molar-refractivity contribution is -0.384. The Kier molecular flexibility index (Phi) is 6.01. The summed E-state index contributed by atoms with van der Waals surface area (Å²) in [4.78, 5) is 22.9. The van der Waals surface area contributed by atoms with E-state index in [0.717, 1.165) is 16.3 Å². The number of aromatic nitrogens is 1. The molecule has 1 heterocycles. The van der Waals surface area contributed by atoms with Crippen molar-refractivity contribution in [3.63, 3.8) is 0 Å². The Balaban J connectivity index is 1.52. The molecule has 136 valence electrons. The number of rotatable bonds is 7. The van der Waals surface area contributed by atoms with Crippen LogP contribution in [0.3, 0.4) is 0 Å². The Morgan fingerprint density at radius 3 is 2.56 bits per heavy atom. The monoisotopic (exact) mass is 380 g/mol. The van der Waals surface area contributed by atoms with Crippen molar-refractivity contribution >= 4 is 29.6 Å². The van der Waals surface area contributed by atoms with E-state index in [-0.39, 0.29) is 17.3 Å². The summed E-state index contributed by atoms with van der Waals surface area (Å²) in [5, 5.41) is 14.6. The second-order valence-electron chi connectivity index (χ2n) is 5.47. The number of non-ortho nitro benzene ring substituents is 1. The number of nitrogens with one attached hydrogen (secondary N) is 1. The molecule has 3 aromatic rings. The first-order valence-corrected chi connectivity index (χ1v) is 9.04. The first-order chi connectivity index (χ1) is 13.1. The Labute approximate surface area is 159 Å². The summed E-state index contributed by atoms with van der Waals surface area (Å²) in [6.45, 7) is 0. The highest BCUT2D eigenvalue weighted by molar-refractivity contribution is 8.00. The van der Waals surface area contributed by atoms with E-state index in [9.17, 15) is 14.9 Å². The molecule has 0 aliphatic heterocycles. The van der Waals surface area contributed by atoms with Gasteiger partial charge in [0.15, 0.2) is 0 Å². The molecule has 0 spiro atoms. The van der Waals surface area contributed by atoms with Crippen molar-refractivity contribution in [3.05, 3.63) is 88.7 Å². The molecule has 0 unspecified atom stereocenters. The number of benzene rings is 2. The normalized spacial score (nSPS) is 10.8. The molecule has 8 heteroatoms. The van der Waals surface area contributed by atoms with Crippen molar-refractivity contribution in [3.8, 4) is 5.69 Å². The summed E-state index contributed by atoms with van der Waals surface area (Å²) in [5.74, 6) is -0.0955. The zero-order valence-electron chi connectivity index (χ0n) is 14.2. The van der Waals surface area contributed by atoms with Crippen molar-refractivity contribution in [1.82, 2.24) is 9.99 Å². The Bertz CT molecular complexity index is 953. The Morgan fingerprint density at radius 1 is 1.11 bits per heavy atom. The van der Waals surface area contributed by atoms with Crippen LogP contribution < -0.4 is 5.43 Å². The SMILES string of the molecule is O=C(CSc1ccc([N+](=O)[O-])cc1)N/N=C\c1cccn1-c1ccccc1. The molecular weight excluding hydrogens is 364 g/mol. The quantitative estimate of drug-likeness (QED) is 0.293. The standard InChI is InChI=1S/C19H16N4O3S/c24-19(14-27-18-10-8-16(9-11-18)23(25)26)21-20-13-17-7-4-12-22(17)15-5-2-1-3-6-15/h1-13H,14H2,(H,21,24)/b20-13-. The molecule has 0 fully saturated rings. The fraction of sp³-hybridized carbons (Fsp3) is 0.0526. The number of hydrogen-bond acceptors (Lipinski definition) is 5. The lowest BCUT2D eigenvalue weighted by Gasteiger charge is -2.05. The number of nitro groups is 1. The highest BCUT2D eigenvalue weighted by atomic mass is 32.2. The van der Waals surface area contributed by atoms with Crippen LogP contribution in [0.2, 0.25) is 0 Å². The van der Waals surface area contributed by atoms with Crippen LogP contribution in [-0.4, -0.2) is 27.4 Å². The zero-order valence-corrected chi connectivity index (χ0v) is 15.0. The maximum atomic E-state index is 11.9. The summed E-state index contributed by atoms with van der Waals surface area (Å²) < 4.78 is 1.96. The van der Waals surface area contributed by atoms with Crippen molar-refractivity contribution in [1.29, 1.82) is 0 Å². The van der Waals surface area contributed by atoms with Crippen LogP contribution in [0.5, 0.6) is 0 Å². The molecule has 1 N–H and O–H groups in total. The summed E-state index contributed by atoms with van der Waals surface area (Å²) in [7, 11) is 0. The van der Waals surface area contributed by atoms with Gasteiger partial charge in [0.2, 0.25) is 5.91 Å². The van der Waals surface area contributed by atoms with E-state index in [0.29, 0.717) is 0 Å². The van der Waals surface area contributed by atoms with E-state index < -0.39 is 4.92 Å². The van der Waals surface area contributed by atoms with Crippen LogP contribution in [-0.2, 0) is 4.79 Å². The summed E-state index contributed by atoms with van der Waals surface area (Å²) >= 11 is 1.28.